The molecule has 1 heterocycles. The summed E-state index contributed by atoms with van der Waals surface area (Å²) in [7, 11) is 0. The van der Waals surface area contributed by atoms with E-state index < -0.39 is 5.92 Å². The minimum absolute atomic E-state index is 0.0243. The van der Waals surface area contributed by atoms with Crippen LogP contribution in [0.1, 0.15) is 41.9 Å². The summed E-state index contributed by atoms with van der Waals surface area (Å²) in [6.07, 6.45) is 1.87. The van der Waals surface area contributed by atoms with Crippen molar-refractivity contribution in [3.8, 4) is 11.8 Å². The van der Waals surface area contributed by atoms with Gasteiger partial charge >= 0.3 is 0 Å². The van der Waals surface area contributed by atoms with Crippen LogP contribution in [-0.2, 0) is 16.1 Å². The molecule has 0 unspecified atom stereocenters. The molecule has 0 amide bonds. The molecule has 0 spiro atoms. The first-order chi connectivity index (χ1) is 14.1. The van der Waals surface area contributed by atoms with Gasteiger partial charge in [0.05, 0.1) is 5.92 Å². The maximum absolute atomic E-state index is 12.6. The van der Waals surface area contributed by atoms with Crippen LogP contribution in [-0.4, -0.2) is 5.78 Å². The number of aryl methyl sites for hydroxylation is 1. The molecule has 2 aromatic carbocycles. The summed E-state index contributed by atoms with van der Waals surface area (Å²) in [6, 6.07) is 17.8. The fourth-order valence-electron chi connectivity index (χ4n) is 3.80. The highest BCUT2D eigenvalue weighted by Crippen LogP contribution is 2.43. The number of hydrogen-bond acceptors (Lipinski definition) is 5. The molecule has 2 N–H and O–H groups in total. The van der Waals surface area contributed by atoms with Crippen molar-refractivity contribution in [2.24, 2.45) is 5.73 Å². The minimum atomic E-state index is -0.484. The third-order valence-corrected chi connectivity index (χ3v) is 5.34. The lowest BCUT2D eigenvalue weighted by Gasteiger charge is -2.31. The lowest BCUT2D eigenvalue weighted by Crippen LogP contribution is -2.27. The fourth-order valence-corrected chi connectivity index (χ4v) is 3.80. The van der Waals surface area contributed by atoms with Crippen LogP contribution < -0.4 is 10.5 Å². The Balaban J connectivity index is 1.58. The first-order valence-electron chi connectivity index (χ1n) is 9.69. The molecule has 1 aliphatic carbocycles. The lowest BCUT2D eigenvalue weighted by molar-refractivity contribution is -0.116. The van der Waals surface area contributed by atoms with Gasteiger partial charge in [0, 0.05) is 18.4 Å². The van der Waals surface area contributed by atoms with Crippen molar-refractivity contribution in [2.75, 3.05) is 0 Å². The third kappa shape index (κ3) is 3.74. The average molecular weight is 386 g/mol. The number of rotatable bonds is 4. The van der Waals surface area contributed by atoms with Crippen LogP contribution in [0.15, 0.2) is 71.3 Å². The Morgan fingerprint density at radius 1 is 1.14 bits per heavy atom. The quantitative estimate of drug-likeness (QED) is 0.842. The third-order valence-electron chi connectivity index (χ3n) is 5.34. The maximum Gasteiger partial charge on any atom is 0.205 e. The van der Waals surface area contributed by atoms with Crippen molar-refractivity contribution in [3.05, 3.63) is 88.0 Å². The Hall–Kier alpha value is -3.52. The predicted octanol–water partition coefficient (Wildman–Crippen LogP) is 4.39. The van der Waals surface area contributed by atoms with Crippen molar-refractivity contribution in [3.63, 3.8) is 0 Å². The van der Waals surface area contributed by atoms with Crippen molar-refractivity contribution >= 4 is 5.78 Å². The van der Waals surface area contributed by atoms with E-state index in [2.05, 4.69) is 18.2 Å². The van der Waals surface area contributed by atoms with Crippen LogP contribution in [0.4, 0.5) is 0 Å². The van der Waals surface area contributed by atoms with Crippen molar-refractivity contribution in [1.29, 1.82) is 5.26 Å². The number of nitriles is 1. The predicted molar refractivity (Wildman–Crippen MR) is 108 cm³/mol. The highest BCUT2D eigenvalue weighted by Gasteiger charge is 2.37. The smallest absolute Gasteiger partial charge is 0.205 e. The zero-order valence-corrected chi connectivity index (χ0v) is 16.3. The molecule has 0 fully saturated rings. The van der Waals surface area contributed by atoms with Gasteiger partial charge in [-0.05, 0) is 36.6 Å². The summed E-state index contributed by atoms with van der Waals surface area (Å²) in [5, 5.41) is 9.63. The first kappa shape index (κ1) is 18.8. The van der Waals surface area contributed by atoms with E-state index in [1.54, 1.807) is 0 Å². The molecule has 2 aromatic rings. The van der Waals surface area contributed by atoms with Gasteiger partial charge in [0.2, 0.25) is 5.88 Å². The number of ketones is 1. The van der Waals surface area contributed by atoms with Crippen LogP contribution >= 0.6 is 0 Å². The summed E-state index contributed by atoms with van der Waals surface area (Å²) in [5.41, 5.74) is 9.97. The van der Waals surface area contributed by atoms with E-state index in [4.69, 9.17) is 15.2 Å². The molecule has 146 valence electrons. The second-order valence-corrected chi connectivity index (χ2v) is 7.38. The van der Waals surface area contributed by atoms with Crippen molar-refractivity contribution < 1.29 is 14.3 Å². The summed E-state index contributed by atoms with van der Waals surface area (Å²) in [5.74, 6) is 0.952. The maximum atomic E-state index is 12.6. The van der Waals surface area contributed by atoms with E-state index in [-0.39, 0.29) is 17.2 Å². The second-order valence-electron chi connectivity index (χ2n) is 7.38. The molecule has 29 heavy (non-hydrogen) atoms. The van der Waals surface area contributed by atoms with E-state index in [9.17, 15) is 10.1 Å². The van der Waals surface area contributed by atoms with Crippen molar-refractivity contribution in [1.82, 2.24) is 0 Å². The van der Waals surface area contributed by atoms with E-state index in [0.717, 1.165) is 23.3 Å². The van der Waals surface area contributed by atoms with Gasteiger partial charge in [-0.15, -0.1) is 0 Å². The van der Waals surface area contributed by atoms with Gasteiger partial charge in [-0.1, -0.05) is 42.0 Å². The SMILES string of the molecule is Cc1ccc(COc2ccc([C@@H]3C(C#N)=C(N)OC4=C3C(=O)CCC4)cc2)cc1. The largest absolute Gasteiger partial charge is 0.489 e. The number of allylic oxidation sites excluding steroid dienone is 3. The van der Waals surface area contributed by atoms with Gasteiger partial charge in [0.1, 0.15) is 29.8 Å². The molecule has 4 rings (SSSR count). The lowest BCUT2D eigenvalue weighted by atomic mass is 9.77. The van der Waals surface area contributed by atoms with Crippen LogP contribution in [0.5, 0.6) is 5.75 Å². The van der Waals surface area contributed by atoms with Crippen LogP contribution in [0.3, 0.4) is 0 Å². The van der Waals surface area contributed by atoms with Gasteiger partial charge in [0.25, 0.3) is 0 Å². The standard InChI is InChI=1S/C24H22N2O3/c1-15-5-7-16(8-6-15)14-28-18-11-9-17(10-12-18)22-19(13-25)24(26)29-21-4-2-3-20(27)23(21)22/h5-12,22H,2-4,14,26H2,1H3/t22-/m1/s1. The highest BCUT2D eigenvalue weighted by molar-refractivity contribution is 5.99. The normalized spacial score (nSPS) is 18.8. The van der Waals surface area contributed by atoms with E-state index in [1.807, 2.05) is 43.3 Å². The fraction of sp³-hybridized carbons (Fsp3) is 0.250. The van der Waals surface area contributed by atoms with Gasteiger partial charge in [-0.3, -0.25) is 4.79 Å². The highest BCUT2D eigenvalue weighted by atomic mass is 16.5. The Labute approximate surface area is 170 Å². The molecule has 5 nitrogen and oxygen atoms in total. The van der Waals surface area contributed by atoms with Gasteiger partial charge < -0.3 is 15.2 Å². The minimum Gasteiger partial charge on any atom is -0.489 e. The summed E-state index contributed by atoms with van der Waals surface area (Å²) >= 11 is 0. The number of Topliss-reactive ketones (excluding diaryl/α,β-unsaturated/α-hetero) is 1. The van der Waals surface area contributed by atoms with E-state index in [1.165, 1.54) is 5.56 Å². The number of carbonyl (C=O) groups is 1. The molecule has 2 aliphatic rings. The summed E-state index contributed by atoms with van der Waals surface area (Å²) in [4.78, 5) is 12.6. The van der Waals surface area contributed by atoms with Crippen LogP contribution in [0.25, 0.3) is 0 Å². The van der Waals surface area contributed by atoms with Gasteiger partial charge in [-0.2, -0.15) is 5.26 Å². The molecule has 0 bridgehead atoms. The van der Waals surface area contributed by atoms with Gasteiger partial charge in [-0.25, -0.2) is 0 Å². The van der Waals surface area contributed by atoms with Crippen LogP contribution in [0.2, 0.25) is 0 Å². The van der Waals surface area contributed by atoms with E-state index in [0.29, 0.717) is 30.8 Å². The van der Waals surface area contributed by atoms with Crippen LogP contribution in [0, 0.1) is 18.3 Å². The molecule has 0 saturated heterocycles. The van der Waals surface area contributed by atoms with Crippen molar-refractivity contribution in [2.45, 2.75) is 38.7 Å². The molecule has 0 saturated carbocycles. The average Bonchev–Trinajstić information content (AvgIpc) is 2.73. The molecule has 1 atom stereocenters. The number of carbonyl (C=O) groups excluding carboxylic acids is 1. The van der Waals surface area contributed by atoms with E-state index >= 15 is 0 Å². The number of nitrogens with two attached hydrogens (primary N) is 1. The first-order valence-corrected chi connectivity index (χ1v) is 9.69. The number of hydrogen-bond donors (Lipinski definition) is 1. The van der Waals surface area contributed by atoms with Gasteiger partial charge in [0.15, 0.2) is 5.78 Å². The summed E-state index contributed by atoms with van der Waals surface area (Å²) < 4.78 is 11.5. The molecular formula is C24H22N2O3. The zero-order chi connectivity index (χ0) is 20.4. The number of nitrogens with zero attached hydrogens (tertiary/aromatic N) is 1. The zero-order valence-electron chi connectivity index (χ0n) is 16.3. The summed E-state index contributed by atoms with van der Waals surface area (Å²) in [6.45, 7) is 2.52. The molecule has 1 aliphatic heterocycles. The Morgan fingerprint density at radius 2 is 1.86 bits per heavy atom. The Bertz CT molecular complexity index is 1040. The topological polar surface area (TPSA) is 85.3 Å². The molecule has 0 radical (unpaired) electrons. The number of ether oxygens (including phenoxy) is 2. The Kier molecular flexibility index (Phi) is 5.09. The molecule has 5 heteroatoms. The Morgan fingerprint density at radius 3 is 2.55 bits per heavy atom. The molecule has 0 aromatic heterocycles. The monoisotopic (exact) mass is 386 g/mol. The molecular weight excluding hydrogens is 364 g/mol. The number of benzene rings is 2. The second kappa shape index (κ2) is 7.84.